The SMILES string of the molecule is C.C(=NC(c1ccccc1)C(N=Cc1ccccc1[PH+](c1ccccc1)c1ccccc1)c1ccccc1)c1ccccc1[PH+](c1ccccc1)c1ccccc1.CC#N.[C-]#[O+].[Fe]. The minimum absolute atomic E-state index is 0. The van der Waals surface area contributed by atoms with E-state index in [1.54, 1.807) is 6.07 Å². The zero-order chi connectivity index (χ0) is 42.5. The first-order chi connectivity index (χ1) is 30.2. The Morgan fingerprint density at radius 1 is 0.429 bits per heavy atom. The first-order valence-electron chi connectivity index (χ1n) is 20.1. The zero-order valence-electron chi connectivity index (χ0n) is 34.4. The maximum absolute atomic E-state index is 7.50. The minimum Gasteiger partial charge on any atom is 0 e. The fourth-order valence-corrected chi connectivity index (χ4v) is 12.8. The second-order valence-electron chi connectivity index (χ2n) is 13.9. The van der Waals surface area contributed by atoms with Gasteiger partial charge in [0.05, 0.1) is 21.9 Å². The van der Waals surface area contributed by atoms with Crippen LogP contribution in [-0.2, 0) is 21.7 Å². The number of benzene rings is 8. The van der Waals surface area contributed by atoms with Crippen LogP contribution in [-0.4, -0.2) is 12.4 Å². The van der Waals surface area contributed by atoms with Crippen molar-refractivity contribution in [2.24, 2.45) is 9.98 Å². The summed E-state index contributed by atoms with van der Waals surface area (Å²) in [6.45, 7) is 5.93. The van der Waals surface area contributed by atoms with Crippen LogP contribution in [0.2, 0.25) is 0 Å². The van der Waals surface area contributed by atoms with Gasteiger partial charge in [-0.25, -0.2) is 0 Å². The van der Waals surface area contributed by atoms with E-state index in [4.69, 9.17) is 19.9 Å². The van der Waals surface area contributed by atoms with E-state index in [1.807, 2.05) is 0 Å². The van der Waals surface area contributed by atoms with Gasteiger partial charge in [-0.1, -0.05) is 165 Å². The van der Waals surface area contributed by atoms with Crippen molar-refractivity contribution in [3.63, 3.8) is 0 Å². The molecule has 4 nitrogen and oxygen atoms in total. The monoisotopic (exact) mass is 899 g/mol. The number of nitrogens with zero attached hydrogens (tertiary/aromatic N) is 3. The minimum atomic E-state index is -1.31. The average molecular weight is 900 g/mol. The van der Waals surface area contributed by atoms with Gasteiger partial charge in [-0.3, -0.25) is 9.98 Å². The third-order valence-electron chi connectivity index (χ3n) is 10.0. The van der Waals surface area contributed by atoms with E-state index in [0.29, 0.717) is 0 Å². The Bertz CT molecular complexity index is 2380. The number of hydrogen-bond acceptors (Lipinski definition) is 3. The van der Waals surface area contributed by atoms with Gasteiger partial charge >= 0.3 is 11.3 Å². The molecule has 0 fully saturated rings. The summed E-state index contributed by atoms with van der Waals surface area (Å²) in [6, 6.07) is 83.8. The van der Waals surface area contributed by atoms with Crippen molar-refractivity contribution in [3.05, 3.63) is 259 Å². The van der Waals surface area contributed by atoms with Crippen molar-refractivity contribution < 1.29 is 21.7 Å². The van der Waals surface area contributed by atoms with Gasteiger partial charge in [0.1, 0.15) is 43.9 Å². The molecule has 0 heterocycles. The summed E-state index contributed by atoms with van der Waals surface area (Å²) in [5.41, 5.74) is 4.51. The van der Waals surface area contributed by atoms with Gasteiger partial charge in [-0.2, -0.15) is 5.26 Å². The van der Waals surface area contributed by atoms with E-state index in [0.717, 1.165) is 22.3 Å². The molecule has 8 aromatic rings. The van der Waals surface area contributed by atoms with Gasteiger partial charge in [0.15, 0.2) is 0 Å². The van der Waals surface area contributed by atoms with E-state index < -0.39 is 15.8 Å². The van der Waals surface area contributed by atoms with Crippen molar-refractivity contribution in [1.82, 2.24) is 0 Å². The summed E-state index contributed by atoms with van der Waals surface area (Å²) in [6.07, 6.45) is 4.21. The molecule has 0 saturated heterocycles. The maximum Gasteiger partial charge on any atom is 0 e. The fraction of sp³-hybridized carbons (Fsp3) is 0.0714. The first kappa shape index (κ1) is 49.4. The van der Waals surface area contributed by atoms with Crippen LogP contribution in [0.3, 0.4) is 0 Å². The molecule has 0 aliphatic heterocycles. The van der Waals surface area contributed by atoms with Crippen LogP contribution < -0.4 is 31.8 Å². The maximum atomic E-state index is 7.50. The van der Waals surface area contributed by atoms with E-state index >= 15 is 0 Å². The predicted molar refractivity (Wildman–Crippen MR) is 269 cm³/mol. The Kier molecular flexibility index (Phi) is 21.1. The Balaban J connectivity index is 0.00000119. The van der Waals surface area contributed by atoms with E-state index in [9.17, 15) is 0 Å². The number of rotatable bonds is 13. The molecule has 63 heavy (non-hydrogen) atoms. The van der Waals surface area contributed by atoms with Crippen molar-refractivity contribution in [2.45, 2.75) is 26.4 Å². The van der Waals surface area contributed by atoms with Crippen molar-refractivity contribution in [2.75, 3.05) is 0 Å². The van der Waals surface area contributed by atoms with Crippen LogP contribution in [0.5, 0.6) is 0 Å². The number of nitriles is 1. The molecule has 0 saturated carbocycles. The van der Waals surface area contributed by atoms with E-state index in [2.05, 4.69) is 250 Å². The van der Waals surface area contributed by atoms with Gasteiger partial charge < -0.3 is 0 Å². The zero-order valence-corrected chi connectivity index (χ0v) is 37.5. The largest absolute Gasteiger partial charge is 0 e. The Morgan fingerprint density at radius 3 is 0.921 bits per heavy atom. The molecule has 312 valence electrons. The van der Waals surface area contributed by atoms with Gasteiger partial charge in [0, 0.05) is 47.5 Å². The van der Waals surface area contributed by atoms with E-state index in [1.165, 1.54) is 38.8 Å². The summed E-state index contributed by atoms with van der Waals surface area (Å²) in [5.74, 6) is 0. The smallest absolute Gasteiger partial charge is 0 e. The molecule has 0 spiro atoms. The normalized spacial score (nSPS) is 11.4. The summed E-state index contributed by atoms with van der Waals surface area (Å²) >= 11 is 0. The molecule has 2 unspecified atom stereocenters. The van der Waals surface area contributed by atoms with Crippen LogP contribution in [0.1, 0.15) is 48.7 Å². The molecule has 0 aliphatic carbocycles. The molecule has 8 aromatic carbocycles. The van der Waals surface area contributed by atoms with Crippen molar-refractivity contribution in [1.29, 1.82) is 5.26 Å². The Labute approximate surface area is 386 Å². The molecule has 8 rings (SSSR count). The van der Waals surface area contributed by atoms with Crippen LogP contribution >= 0.6 is 15.8 Å². The van der Waals surface area contributed by atoms with Crippen LogP contribution in [0, 0.1) is 18.0 Å². The molecule has 0 aromatic heterocycles. The average Bonchev–Trinajstić information content (AvgIpc) is 3.34. The predicted octanol–water partition coefficient (Wildman–Crippen LogP) is 10.8. The molecule has 0 radical (unpaired) electrons. The molecule has 2 atom stereocenters. The number of hydrogen-bond donors (Lipinski definition) is 0. The Morgan fingerprint density at radius 2 is 0.651 bits per heavy atom. The summed E-state index contributed by atoms with van der Waals surface area (Å²) in [7, 11) is -2.62. The molecule has 0 bridgehead atoms. The number of aliphatic imine (C=N–C) groups is 2. The van der Waals surface area contributed by atoms with Gasteiger partial charge in [-0.05, 0) is 83.9 Å². The molecule has 0 N–H and O–H groups in total. The van der Waals surface area contributed by atoms with Crippen LogP contribution in [0.4, 0.5) is 0 Å². The third kappa shape index (κ3) is 13.4. The van der Waals surface area contributed by atoms with Crippen molar-refractivity contribution >= 4 is 60.1 Å². The molecular formula is C56H51FeN3OP2+2. The van der Waals surface area contributed by atoms with Crippen LogP contribution in [0.15, 0.2) is 241 Å². The fourth-order valence-electron chi connectivity index (χ4n) is 7.37. The van der Waals surface area contributed by atoms with Gasteiger partial charge in [0.25, 0.3) is 0 Å². The van der Waals surface area contributed by atoms with Gasteiger partial charge in [0.2, 0.25) is 0 Å². The van der Waals surface area contributed by atoms with Gasteiger partial charge in [-0.15, -0.1) is 0 Å². The summed E-state index contributed by atoms with van der Waals surface area (Å²) in [5, 5.41) is 15.3. The second kappa shape index (κ2) is 26.9. The van der Waals surface area contributed by atoms with E-state index in [-0.39, 0.29) is 36.6 Å². The standard InChI is InChI=1S/C52H42N2P2.C2H3N.CO.CH4.Fe/c1-7-23-41(24-8-1)51(53-39-43-27-19-21-37-49(43)55(45-29-11-3-12-30-45)46-31-13-4-14-32-46)52(42-25-9-2-10-26-42)54-40-44-28-20-22-38-50(44)56(47-33-15-5-16-34-47)48-35-17-6-18-36-48;1-2-3;1-2;;/h1-40,51-52H;1H3;;1H4;/p+2. The second-order valence-corrected chi connectivity index (χ2v) is 18.8. The van der Waals surface area contributed by atoms with Crippen molar-refractivity contribution in [3.8, 4) is 6.07 Å². The molecular weight excluding hydrogens is 848 g/mol. The summed E-state index contributed by atoms with van der Waals surface area (Å²) < 4.78 is 7.50. The topological polar surface area (TPSA) is 68.4 Å². The first-order valence-corrected chi connectivity index (χ1v) is 23.1. The molecule has 7 heteroatoms. The summed E-state index contributed by atoms with van der Waals surface area (Å²) in [4.78, 5) is 11.0. The molecule has 0 aliphatic rings. The molecule has 0 amide bonds. The quantitative estimate of drug-likeness (QED) is 0.0374. The van der Waals surface area contributed by atoms with Crippen LogP contribution in [0.25, 0.3) is 0 Å². The Hall–Kier alpha value is -6.29. The third-order valence-corrected chi connectivity index (χ3v) is 15.7.